The van der Waals surface area contributed by atoms with Crippen molar-refractivity contribution in [3.8, 4) is 0 Å². The van der Waals surface area contributed by atoms with Crippen LogP contribution in [-0.2, 0) is 4.79 Å². The summed E-state index contributed by atoms with van der Waals surface area (Å²) in [6, 6.07) is 0. The van der Waals surface area contributed by atoms with Gasteiger partial charge in [0.2, 0.25) is 0 Å². The van der Waals surface area contributed by atoms with E-state index in [1.54, 1.807) is 0 Å². The third kappa shape index (κ3) is 4.11. The third-order valence-corrected chi connectivity index (χ3v) is 2.58. The van der Waals surface area contributed by atoms with Crippen LogP contribution in [0.1, 0.15) is 0 Å². The number of aliphatic hydroxyl groups excluding tert-OH is 1. The summed E-state index contributed by atoms with van der Waals surface area (Å²) in [6.45, 7) is 4.11. The number of aliphatic hydroxyl groups is 1. The molecule has 88 valence electrons. The lowest BCUT2D eigenvalue weighted by atomic mass is 10.3. The van der Waals surface area contributed by atoms with Crippen LogP contribution in [0.4, 0.5) is 4.48 Å². The van der Waals surface area contributed by atoms with Crippen molar-refractivity contribution in [2.75, 3.05) is 52.9 Å². The highest BCUT2D eigenvalue weighted by atomic mass is 19.2. The average molecular weight is 219 g/mol. The van der Waals surface area contributed by atoms with Gasteiger partial charge in [-0.1, -0.05) is 4.48 Å². The number of nitrogens with zero attached hydrogens (tertiary/aromatic N) is 3. The lowest BCUT2D eigenvalue weighted by molar-refractivity contribution is -0.144. The van der Waals surface area contributed by atoms with E-state index >= 15 is 0 Å². The fourth-order valence-electron chi connectivity index (χ4n) is 1.60. The molecule has 1 N–H and O–H groups in total. The van der Waals surface area contributed by atoms with E-state index in [1.165, 1.54) is 0 Å². The number of halogens is 1. The molecule has 15 heavy (non-hydrogen) atoms. The molecule has 0 spiro atoms. The molecule has 1 fully saturated rings. The molecule has 0 aliphatic carbocycles. The molecule has 1 aliphatic rings. The SMILES string of the molecule is CN(F)C(=O)CN1CCN(CCO)CC1. The smallest absolute Gasteiger partial charge is 0.264 e. The second-order valence-electron chi connectivity index (χ2n) is 3.71. The summed E-state index contributed by atoms with van der Waals surface area (Å²) in [5, 5.41) is 8.86. The van der Waals surface area contributed by atoms with Gasteiger partial charge in [0.25, 0.3) is 5.91 Å². The quantitative estimate of drug-likeness (QED) is 0.612. The van der Waals surface area contributed by atoms with Crippen LogP contribution in [0.25, 0.3) is 0 Å². The Kier molecular flexibility index (Phi) is 4.93. The Morgan fingerprint density at radius 1 is 1.33 bits per heavy atom. The average Bonchev–Trinajstić information content (AvgIpc) is 2.21. The van der Waals surface area contributed by atoms with Gasteiger partial charge in [-0.3, -0.25) is 14.6 Å². The molecule has 1 saturated heterocycles. The first-order valence-electron chi connectivity index (χ1n) is 5.11. The lowest BCUT2D eigenvalue weighted by Crippen LogP contribution is -2.49. The van der Waals surface area contributed by atoms with Crippen molar-refractivity contribution in [3.63, 3.8) is 0 Å². The first-order valence-corrected chi connectivity index (χ1v) is 5.11. The molecule has 0 atom stereocenters. The number of amides is 1. The van der Waals surface area contributed by atoms with E-state index in [1.807, 2.05) is 4.90 Å². The van der Waals surface area contributed by atoms with E-state index in [0.717, 1.165) is 33.2 Å². The minimum Gasteiger partial charge on any atom is -0.395 e. The number of piperazine rings is 1. The van der Waals surface area contributed by atoms with Crippen LogP contribution in [-0.4, -0.2) is 78.9 Å². The molecular weight excluding hydrogens is 201 g/mol. The molecule has 0 saturated carbocycles. The summed E-state index contributed by atoms with van der Waals surface area (Å²) in [5.41, 5.74) is 0. The predicted octanol–water partition coefficient (Wildman–Crippen LogP) is -1.06. The minimum absolute atomic E-state index is 0.125. The molecule has 1 aliphatic heterocycles. The molecular formula is C9H18FN3O2. The van der Waals surface area contributed by atoms with Crippen LogP contribution in [0, 0.1) is 0 Å². The first kappa shape index (κ1) is 12.4. The summed E-state index contributed by atoms with van der Waals surface area (Å²) in [5.74, 6) is -0.509. The fourth-order valence-corrected chi connectivity index (χ4v) is 1.60. The number of likely N-dealkylation sites (N-methyl/N-ethyl adjacent to an activating group) is 1. The molecule has 6 heteroatoms. The summed E-state index contributed by atoms with van der Waals surface area (Å²) in [7, 11) is 1.12. The van der Waals surface area contributed by atoms with Gasteiger partial charge in [-0.2, -0.15) is 5.12 Å². The van der Waals surface area contributed by atoms with Crippen molar-refractivity contribution >= 4 is 5.91 Å². The predicted molar refractivity (Wildman–Crippen MR) is 53.8 cm³/mol. The maximum Gasteiger partial charge on any atom is 0.264 e. The maximum atomic E-state index is 12.5. The Hall–Kier alpha value is -0.720. The normalized spacial score (nSPS) is 19.1. The van der Waals surface area contributed by atoms with E-state index in [9.17, 15) is 9.28 Å². The molecule has 1 heterocycles. The van der Waals surface area contributed by atoms with Gasteiger partial charge < -0.3 is 5.11 Å². The lowest BCUT2D eigenvalue weighted by Gasteiger charge is -2.33. The van der Waals surface area contributed by atoms with Crippen molar-refractivity contribution in [3.05, 3.63) is 0 Å². The second-order valence-corrected chi connectivity index (χ2v) is 3.71. The van der Waals surface area contributed by atoms with E-state index in [4.69, 9.17) is 5.11 Å². The summed E-state index contributed by atoms with van der Waals surface area (Å²) in [6.07, 6.45) is 0. The summed E-state index contributed by atoms with van der Waals surface area (Å²) in [4.78, 5) is 15.1. The van der Waals surface area contributed by atoms with Gasteiger partial charge >= 0.3 is 0 Å². The number of hydrogen-bond acceptors (Lipinski definition) is 4. The van der Waals surface area contributed by atoms with Crippen molar-refractivity contribution in [1.82, 2.24) is 14.9 Å². The topological polar surface area (TPSA) is 47.0 Å². The molecule has 0 radical (unpaired) electrons. The molecule has 0 aromatic heterocycles. The standard InChI is InChI=1S/C9H18FN3O2/c1-11(10)9(15)8-13-4-2-12(3-5-13)6-7-14/h14H,2-8H2,1H3. The summed E-state index contributed by atoms with van der Waals surface area (Å²) >= 11 is 0. The largest absolute Gasteiger partial charge is 0.395 e. The van der Waals surface area contributed by atoms with E-state index in [2.05, 4.69) is 4.90 Å². The fraction of sp³-hybridized carbons (Fsp3) is 0.889. The Morgan fingerprint density at radius 2 is 1.87 bits per heavy atom. The zero-order valence-corrected chi connectivity index (χ0v) is 9.02. The first-order chi connectivity index (χ1) is 7.13. The Morgan fingerprint density at radius 3 is 2.33 bits per heavy atom. The number of carbonyl (C=O) groups excluding carboxylic acids is 1. The number of β-amino-alcohol motifs (C(OH)–C–C–N with tert-alkyl or cyclic N) is 1. The second kappa shape index (κ2) is 5.99. The Labute approximate surface area is 89.0 Å². The van der Waals surface area contributed by atoms with Gasteiger partial charge in [0.05, 0.1) is 13.2 Å². The van der Waals surface area contributed by atoms with Crippen molar-refractivity contribution < 1.29 is 14.4 Å². The van der Waals surface area contributed by atoms with Crippen molar-refractivity contribution in [2.45, 2.75) is 0 Å². The van der Waals surface area contributed by atoms with Crippen LogP contribution in [0.3, 0.4) is 0 Å². The van der Waals surface area contributed by atoms with Gasteiger partial charge in [0.15, 0.2) is 0 Å². The molecule has 0 aromatic carbocycles. The van der Waals surface area contributed by atoms with Gasteiger partial charge in [0, 0.05) is 39.8 Å². The molecule has 1 amide bonds. The van der Waals surface area contributed by atoms with Crippen LogP contribution >= 0.6 is 0 Å². The van der Waals surface area contributed by atoms with Crippen LogP contribution in [0.5, 0.6) is 0 Å². The molecule has 1 rings (SSSR count). The minimum atomic E-state index is -0.509. The third-order valence-electron chi connectivity index (χ3n) is 2.58. The van der Waals surface area contributed by atoms with Gasteiger partial charge in [-0.25, -0.2) is 0 Å². The maximum absolute atomic E-state index is 12.5. The summed E-state index contributed by atoms with van der Waals surface area (Å²) < 4.78 is 12.5. The van der Waals surface area contributed by atoms with E-state index in [-0.39, 0.29) is 18.3 Å². The highest BCUT2D eigenvalue weighted by Crippen LogP contribution is 2.01. The molecule has 0 aromatic rings. The Bertz CT molecular complexity index is 206. The monoisotopic (exact) mass is 219 g/mol. The number of hydrogen-bond donors (Lipinski definition) is 1. The van der Waals surface area contributed by atoms with E-state index in [0.29, 0.717) is 6.54 Å². The van der Waals surface area contributed by atoms with Gasteiger partial charge in [-0.15, -0.1) is 0 Å². The molecule has 0 unspecified atom stereocenters. The van der Waals surface area contributed by atoms with Crippen molar-refractivity contribution in [2.24, 2.45) is 0 Å². The molecule has 0 bridgehead atoms. The molecule has 5 nitrogen and oxygen atoms in total. The van der Waals surface area contributed by atoms with Gasteiger partial charge in [-0.05, 0) is 0 Å². The Balaban J connectivity index is 2.22. The number of carbonyl (C=O) groups is 1. The number of rotatable bonds is 4. The van der Waals surface area contributed by atoms with Gasteiger partial charge in [0.1, 0.15) is 0 Å². The highest BCUT2D eigenvalue weighted by molar-refractivity contribution is 5.76. The zero-order valence-electron chi connectivity index (χ0n) is 9.02. The van der Waals surface area contributed by atoms with E-state index < -0.39 is 5.91 Å². The van der Waals surface area contributed by atoms with Crippen LogP contribution in [0.2, 0.25) is 0 Å². The van der Waals surface area contributed by atoms with Crippen LogP contribution < -0.4 is 0 Å². The van der Waals surface area contributed by atoms with Crippen LogP contribution in [0.15, 0.2) is 0 Å². The zero-order chi connectivity index (χ0) is 11.3. The highest BCUT2D eigenvalue weighted by Gasteiger charge is 2.19. The van der Waals surface area contributed by atoms with Crippen molar-refractivity contribution in [1.29, 1.82) is 0 Å².